The number of nitrogens with one attached hydrogen (secondary N) is 1. The monoisotopic (exact) mass is 693 g/mol. The molecule has 1 saturated heterocycles. The molecule has 1 unspecified atom stereocenters. The van der Waals surface area contributed by atoms with Gasteiger partial charge >= 0.3 is 0 Å². The average molecular weight is 694 g/mol. The van der Waals surface area contributed by atoms with Gasteiger partial charge in [-0.2, -0.15) is 4.31 Å². The lowest BCUT2D eigenvalue weighted by atomic mass is 9.92. The van der Waals surface area contributed by atoms with Gasteiger partial charge in [0.05, 0.1) is 4.90 Å². The molecule has 2 fully saturated rings. The van der Waals surface area contributed by atoms with Gasteiger partial charge in [0.25, 0.3) is 0 Å². The zero-order valence-electron chi connectivity index (χ0n) is 27.1. The lowest BCUT2D eigenvalue weighted by Gasteiger charge is -2.38. The second kappa shape index (κ2) is 14.2. The maximum atomic E-state index is 14.6. The third-order valence-electron chi connectivity index (χ3n) is 9.72. The molecule has 1 N–H and O–H groups in total. The van der Waals surface area contributed by atoms with E-state index in [0.717, 1.165) is 37.7 Å². The van der Waals surface area contributed by atoms with Gasteiger partial charge in [-0.3, -0.25) is 9.59 Å². The van der Waals surface area contributed by atoms with Gasteiger partial charge in [-0.15, -0.1) is 0 Å². The van der Waals surface area contributed by atoms with Gasteiger partial charge < -0.3 is 29.2 Å². The minimum Gasteiger partial charge on any atom is -0.486 e. The Bertz CT molecular complexity index is 1790. The van der Waals surface area contributed by atoms with E-state index in [-0.39, 0.29) is 62.0 Å². The number of hydrogen-bond donors (Lipinski definition) is 1. The van der Waals surface area contributed by atoms with Gasteiger partial charge in [-0.1, -0.05) is 37.5 Å². The van der Waals surface area contributed by atoms with Crippen molar-refractivity contribution in [3.05, 3.63) is 77.6 Å². The van der Waals surface area contributed by atoms with E-state index in [1.807, 2.05) is 6.07 Å². The molecule has 3 heterocycles. The van der Waals surface area contributed by atoms with Crippen molar-refractivity contribution in [2.45, 2.75) is 68.5 Å². The van der Waals surface area contributed by atoms with Gasteiger partial charge in [0.15, 0.2) is 23.0 Å². The quantitative estimate of drug-likeness (QED) is 0.334. The molecule has 0 aromatic heterocycles. The highest BCUT2D eigenvalue weighted by Gasteiger charge is 2.39. The molecule has 4 aliphatic rings. The summed E-state index contributed by atoms with van der Waals surface area (Å²) >= 11 is 0. The van der Waals surface area contributed by atoms with Crippen molar-refractivity contribution in [1.82, 2.24) is 14.5 Å². The number of carbonyl (C=O) groups excluding carboxylic acids is 2. The summed E-state index contributed by atoms with van der Waals surface area (Å²) in [5, 5.41) is 3.19. The number of ether oxygens (including phenoxy) is 4. The minimum absolute atomic E-state index is 0.0132. The summed E-state index contributed by atoms with van der Waals surface area (Å²) in [6.07, 6.45) is 5.38. The molecule has 11 nitrogen and oxygen atoms in total. The fourth-order valence-corrected chi connectivity index (χ4v) is 8.57. The summed E-state index contributed by atoms with van der Waals surface area (Å²) in [7, 11) is -3.87. The number of sulfonamides is 1. The molecule has 260 valence electrons. The van der Waals surface area contributed by atoms with Crippen LogP contribution in [0.3, 0.4) is 0 Å². The molecular formula is C36H40FN3O8S. The Balaban J connectivity index is 1.15. The van der Waals surface area contributed by atoms with Gasteiger partial charge in [-0.25, -0.2) is 12.8 Å². The molecule has 3 aromatic rings. The largest absolute Gasteiger partial charge is 0.486 e. The second-order valence-corrected chi connectivity index (χ2v) is 14.9. The summed E-state index contributed by atoms with van der Waals surface area (Å²) in [4.78, 5) is 30.5. The first-order valence-corrected chi connectivity index (χ1v) is 18.3. The predicted molar refractivity (Wildman–Crippen MR) is 176 cm³/mol. The number of carbonyl (C=O) groups is 2. The van der Waals surface area contributed by atoms with E-state index in [1.54, 1.807) is 35.2 Å². The molecule has 7 rings (SSSR count). The standard InChI is InChI=1S/C36H40FN3O8S/c37-27-9-7-25(8-10-27)34(35(41)38-28-4-2-1-3-5-28)40(22-24-6-12-31-32(20-24)48-23-47-31)36(42)26-14-16-39(17-15-26)49(43,44)29-11-13-30-33(21-29)46-19-18-45-30/h6-13,20-21,26,28,34H,1-5,14-19,22-23H2,(H,38,41). The topological polar surface area (TPSA) is 124 Å². The molecule has 1 aliphatic carbocycles. The highest BCUT2D eigenvalue weighted by atomic mass is 32.2. The van der Waals surface area contributed by atoms with Crippen molar-refractivity contribution in [3.63, 3.8) is 0 Å². The third-order valence-corrected chi connectivity index (χ3v) is 11.6. The molecule has 1 atom stereocenters. The van der Waals surface area contributed by atoms with Crippen LogP contribution in [0.2, 0.25) is 0 Å². The van der Waals surface area contributed by atoms with Crippen molar-refractivity contribution >= 4 is 21.8 Å². The van der Waals surface area contributed by atoms with Crippen LogP contribution in [0.1, 0.15) is 62.1 Å². The Hall–Kier alpha value is -4.36. The van der Waals surface area contributed by atoms with Crippen LogP contribution in [0, 0.1) is 11.7 Å². The van der Waals surface area contributed by atoms with Crippen LogP contribution in [0.15, 0.2) is 65.6 Å². The number of nitrogens with zero attached hydrogens (tertiary/aromatic N) is 2. The van der Waals surface area contributed by atoms with E-state index in [0.29, 0.717) is 41.8 Å². The maximum absolute atomic E-state index is 14.6. The molecule has 3 aromatic carbocycles. The molecule has 0 radical (unpaired) electrons. The fourth-order valence-electron chi connectivity index (χ4n) is 7.09. The van der Waals surface area contributed by atoms with E-state index >= 15 is 0 Å². The molecule has 13 heteroatoms. The van der Waals surface area contributed by atoms with E-state index in [1.165, 1.54) is 28.6 Å². The van der Waals surface area contributed by atoms with Crippen molar-refractivity contribution in [2.75, 3.05) is 33.1 Å². The summed E-state index contributed by atoms with van der Waals surface area (Å²) in [5.74, 6) is 0.427. The number of hydrogen-bond acceptors (Lipinski definition) is 8. The van der Waals surface area contributed by atoms with Gasteiger partial charge in [0.2, 0.25) is 28.6 Å². The number of amides is 2. The average Bonchev–Trinajstić information content (AvgIpc) is 3.60. The number of rotatable bonds is 9. The summed E-state index contributed by atoms with van der Waals surface area (Å²) in [5.41, 5.74) is 1.22. The fraction of sp³-hybridized carbons (Fsp3) is 0.444. The van der Waals surface area contributed by atoms with Crippen LogP contribution >= 0.6 is 0 Å². The first-order chi connectivity index (χ1) is 23.8. The first-order valence-electron chi connectivity index (χ1n) is 16.9. The van der Waals surface area contributed by atoms with Crippen molar-refractivity contribution in [2.24, 2.45) is 5.92 Å². The number of halogens is 1. The van der Waals surface area contributed by atoms with Crippen molar-refractivity contribution in [3.8, 4) is 23.0 Å². The van der Waals surface area contributed by atoms with Gasteiger partial charge in [-0.05, 0) is 73.2 Å². The lowest BCUT2D eigenvalue weighted by Crippen LogP contribution is -2.50. The second-order valence-electron chi connectivity index (χ2n) is 12.9. The molecular weight excluding hydrogens is 653 g/mol. The molecule has 3 aliphatic heterocycles. The summed E-state index contributed by atoms with van der Waals surface area (Å²) in [6, 6.07) is 14.6. The van der Waals surface area contributed by atoms with Crippen molar-refractivity contribution < 1.29 is 41.3 Å². The SMILES string of the molecule is O=C(NC1CCCCC1)C(c1ccc(F)cc1)N(Cc1ccc2c(c1)OCO2)C(=O)C1CCN(S(=O)(=O)c2ccc3c(c2)OCCO3)CC1. The van der Waals surface area contributed by atoms with Gasteiger partial charge in [0.1, 0.15) is 25.1 Å². The van der Waals surface area contributed by atoms with E-state index in [9.17, 15) is 22.4 Å². The van der Waals surface area contributed by atoms with Crippen LogP contribution in [0.4, 0.5) is 4.39 Å². The highest BCUT2D eigenvalue weighted by Crippen LogP contribution is 2.37. The molecule has 2 amide bonds. The zero-order chi connectivity index (χ0) is 34.0. The Morgan fingerprint density at radius 3 is 2.22 bits per heavy atom. The zero-order valence-corrected chi connectivity index (χ0v) is 28.0. The Morgan fingerprint density at radius 1 is 0.816 bits per heavy atom. The molecule has 0 bridgehead atoms. The number of benzene rings is 3. The van der Waals surface area contributed by atoms with Crippen molar-refractivity contribution in [1.29, 1.82) is 0 Å². The number of fused-ring (bicyclic) bond motifs is 2. The van der Waals surface area contributed by atoms with Crippen LogP contribution in [0.25, 0.3) is 0 Å². The highest BCUT2D eigenvalue weighted by molar-refractivity contribution is 7.89. The molecule has 1 saturated carbocycles. The Labute approximate surface area is 285 Å². The summed E-state index contributed by atoms with van der Waals surface area (Å²) in [6.45, 7) is 1.16. The van der Waals surface area contributed by atoms with E-state index in [4.69, 9.17) is 18.9 Å². The van der Waals surface area contributed by atoms with Crippen LogP contribution < -0.4 is 24.3 Å². The normalized spacial score (nSPS) is 18.9. The Morgan fingerprint density at radius 2 is 1.47 bits per heavy atom. The minimum atomic E-state index is -3.87. The van der Waals surface area contributed by atoms with Crippen LogP contribution in [0.5, 0.6) is 23.0 Å². The van der Waals surface area contributed by atoms with E-state index in [2.05, 4.69) is 5.32 Å². The van der Waals surface area contributed by atoms with Gasteiger partial charge in [0, 0.05) is 37.7 Å². The number of piperidine rings is 1. The predicted octanol–water partition coefficient (Wildman–Crippen LogP) is 4.95. The lowest BCUT2D eigenvalue weighted by molar-refractivity contribution is -0.146. The third kappa shape index (κ3) is 7.18. The molecule has 0 spiro atoms. The smallest absolute Gasteiger partial charge is 0.247 e. The summed E-state index contributed by atoms with van der Waals surface area (Å²) < 4.78 is 65.0. The first kappa shape index (κ1) is 33.2. The maximum Gasteiger partial charge on any atom is 0.247 e. The van der Waals surface area contributed by atoms with E-state index < -0.39 is 27.8 Å². The molecule has 49 heavy (non-hydrogen) atoms. The Kier molecular flexibility index (Phi) is 9.64. The van der Waals surface area contributed by atoms with Crippen LogP contribution in [-0.4, -0.2) is 68.6 Å². The van der Waals surface area contributed by atoms with Crippen LogP contribution in [-0.2, 0) is 26.2 Å².